The Morgan fingerprint density at radius 1 is 0.724 bits per heavy atom. The molecule has 0 fully saturated rings. The molecule has 27 nitrogen and oxygen atoms in total. The van der Waals surface area contributed by atoms with Gasteiger partial charge in [-0.1, -0.05) is 94.4 Å². The molecule has 1 aromatic heterocycles. The molecule has 4 aliphatic heterocycles. The Morgan fingerprint density at radius 3 is 2.04 bits per heavy atom. The fraction of sp³-hybridized carbons (Fsp3) is 0.385. The molecule has 6 aromatic rings. The second-order valence-corrected chi connectivity index (χ2v) is 27.6. The molecule has 2 unspecified atom stereocenters. The van der Waals surface area contributed by atoms with Gasteiger partial charge in [0.15, 0.2) is 29.2 Å². The lowest BCUT2D eigenvalue weighted by atomic mass is 9.87. The number of anilines is 2. The number of methoxy groups -OCH3 is 2. The number of amides is 9. The summed E-state index contributed by atoms with van der Waals surface area (Å²) in [5.74, 6) is -2.91. The second kappa shape index (κ2) is 33.9. The summed E-state index contributed by atoms with van der Waals surface area (Å²) in [6, 6.07) is 30.3. The number of imide groups is 1. The van der Waals surface area contributed by atoms with Crippen LogP contribution in [0.25, 0.3) is 0 Å². The average molecular weight is 1440 g/mol. The highest BCUT2D eigenvalue weighted by molar-refractivity contribution is 6.13. The molecular formula is C78H89N11O16. The zero-order valence-electron chi connectivity index (χ0n) is 60.3. The predicted molar refractivity (Wildman–Crippen MR) is 389 cm³/mol. The number of hydrogen-bond donors (Lipinski definition) is 6. The normalized spacial score (nSPS) is 16.0. The number of benzene rings is 5. The number of carbonyl (C=O) groups excluding carboxylic acids is 9. The van der Waals surface area contributed by atoms with Crippen LogP contribution in [0.2, 0.25) is 0 Å². The van der Waals surface area contributed by atoms with Crippen molar-refractivity contribution in [1.82, 2.24) is 35.6 Å². The molecule has 27 heteroatoms. The van der Waals surface area contributed by atoms with Crippen LogP contribution in [-0.4, -0.2) is 161 Å². The predicted octanol–water partition coefficient (Wildman–Crippen LogP) is 8.47. The lowest BCUT2D eigenvalue weighted by Crippen LogP contribution is -2.55. The molecule has 0 saturated heterocycles. The fourth-order valence-corrected chi connectivity index (χ4v) is 12.5. The minimum Gasteiger partial charge on any atom is -0.493 e. The molecule has 10 rings (SSSR count). The van der Waals surface area contributed by atoms with Crippen LogP contribution in [-0.2, 0) is 84.0 Å². The largest absolute Gasteiger partial charge is 0.493 e. The Morgan fingerprint density at radius 2 is 1.37 bits per heavy atom. The summed E-state index contributed by atoms with van der Waals surface area (Å²) in [6.07, 6.45) is 4.10. The highest BCUT2D eigenvalue weighted by atomic mass is 16.6. The number of nitrogens with zero attached hydrogens (tertiary/aromatic N) is 6. The molecule has 9 amide bonds. The maximum absolute atomic E-state index is 14.8. The fourth-order valence-electron chi connectivity index (χ4n) is 12.5. The van der Waals surface area contributed by atoms with E-state index in [1.807, 2.05) is 62.4 Å². The van der Waals surface area contributed by atoms with E-state index < -0.39 is 76.9 Å². The van der Waals surface area contributed by atoms with Gasteiger partial charge in [-0.2, -0.15) is 0 Å². The summed E-state index contributed by atoms with van der Waals surface area (Å²) in [5.41, 5.74) is 4.63. The first-order valence-corrected chi connectivity index (χ1v) is 34.7. The van der Waals surface area contributed by atoms with Crippen molar-refractivity contribution in [2.75, 3.05) is 50.7 Å². The van der Waals surface area contributed by atoms with Gasteiger partial charge in [0, 0.05) is 87.2 Å². The molecule has 6 N–H and O–H groups in total. The lowest BCUT2D eigenvalue weighted by Gasteiger charge is -2.39. The number of aliphatic hydroxyl groups excluding tert-OH is 1. The first-order chi connectivity index (χ1) is 50.2. The van der Waals surface area contributed by atoms with Gasteiger partial charge >= 0.3 is 6.09 Å². The zero-order valence-corrected chi connectivity index (χ0v) is 60.3. The molecule has 0 saturated carbocycles. The quantitative estimate of drug-likeness (QED) is 0.0175. The van der Waals surface area contributed by atoms with E-state index in [-0.39, 0.29) is 112 Å². The first-order valence-electron chi connectivity index (χ1n) is 34.7. The van der Waals surface area contributed by atoms with Crippen molar-refractivity contribution in [1.29, 1.82) is 5.41 Å². The Hall–Kier alpha value is -11.3. The van der Waals surface area contributed by atoms with Crippen LogP contribution in [0.3, 0.4) is 0 Å². The summed E-state index contributed by atoms with van der Waals surface area (Å²) < 4.78 is 36.3. The molecule has 5 aromatic carbocycles. The van der Waals surface area contributed by atoms with Gasteiger partial charge in [0.2, 0.25) is 23.6 Å². The molecule has 0 spiro atoms. The standard InChI is InChI=1S/C78H89N11O16/c1-47(2)69(85-75(98)77(4,5)30-36-105-78(6,7)29-32-81-66(90)28-34-87-67(91)25-26-68(87)92)71(94)82-48(3)70(93)84-54-23-21-49(22-24-54)44-104-76(99)89-60-41-65(63(101-9)39-58(60)73(96)88-43-53-18-13-11-16-51(53)37-61(88)74(89)97)103-46-56-20-14-19-55(83-56)45-102-64-40-59-57(38-62(64)100-8)72(95)86(35-33-80-59)42-52-17-12-10-15-50(52)27-31-79/h10-26,31,33,38-41,47-48,61,69,74,79,97H,27-30,32,34-37,42-46H2,1-9H3,(H,81,90)(H,82,94)(H,84,93)(H,85,98)/t48-,61?,69-,74?/m0/s1. The number of pyridine rings is 1. The SMILES string of the molecule is COc1cc2c(cc1OCc1cccc(COc3cc4c(cc3OC)C(=O)N3Cc5ccccc5CC3C(O)N4C(=O)OCc3ccc(NC(=O)[C@H](C)NC(=O)[C@@H](NC(=O)C(C)(C)CCOC(C)(C)CCNC(=O)CCN4C(=O)C=CC4=O)C(C)C)cc3)n1)N=CCN(Cc1ccccc1CC=N)C2=O. The maximum atomic E-state index is 14.8. The number of carbonyl (C=O) groups is 9. The van der Waals surface area contributed by atoms with Crippen LogP contribution in [0.15, 0.2) is 132 Å². The van der Waals surface area contributed by atoms with Crippen molar-refractivity contribution in [2.45, 2.75) is 143 Å². The van der Waals surface area contributed by atoms with Gasteiger partial charge in [0.25, 0.3) is 23.6 Å². The van der Waals surface area contributed by atoms with E-state index >= 15 is 0 Å². The van der Waals surface area contributed by atoms with Crippen LogP contribution < -0.4 is 45.1 Å². The highest BCUT2D eigenvalue weighted by Crippen LogP contribution is 2.43. The number of aliphatic imine (C=N–C) groups is 1. The van der Waals surface area contributed by atoms with Crippen LogP contribution in [0.5, 0.6) is 23.0 Å². The lowest BCUT2D eigenvalue weighted by molar-refractivity contribution is -0.137. The van der Waals surface area contributed by atoms with E-state index in [9.17, 15) is 48.3 Å². The van der Waals surface area contributed by atoms with Gasteiger partial charge < -0.3 is 70.0 Å². The van der Waals surface area contributed by atoms with Crippen molar-refractivity contribution < 1.29 is 76.7 Å². The van der Waals surface area contributed by atoms with Crippen LogP contribution in [0.4, 0.5) is 21.9 Å². The van der Waals surface area contributed by atoms with Gasteiger partial charge in [-0.05, 0) is 116 Å². The summed E-state index contributed by atoms with van der Waals surface area (Å²) in [7, 11) is 2.90. The number of ether oxygens (including phenoxy) is 6. The first kappa shape index (κ1) is 76.3. The molecule has 0 bridgehead atoms. The van der Waals surface area contributed by atoms with E-state index in [0.717, 1.165) is 32.1 Å². The Bertz CT molecular complexity index is 4330. The Kier molecular flexibility index (Phi) is 24.6. The summed E-state index contributed by atoms with van der Waals surface area (Å²) in [4.78, 5) is 135. The molecular weight excluding hydrogens is 1350 g/mol. The van der Waals surface area contributed by atoms with Crippen LogP contribution in [0.1, 0.15) is 128 Å². The number of nitrogens with one attached hydrogen (secondary N) is 5. The van der Waals surface area contributed by atoms with Crippen molar-refractivity contribution >= 4 is 82.8 Å². The van der Waals surface area contributed by atoms with Crippen LogP contribution >= 0.6 is 0 Å². The Labute approximate surface area is 609 Å². The van der Waals surface area contributed by atoms with Crippen LogP contribution in [0, 0.1) is 16.7 Å². The number of hydrogen-bond acceptors (Lipinski definition) is 19. The average Bonchev–Trinajstić information content (AvgIpc) is 1.62. The molecule has 4 aliphatic rings. The van der Waals surface area contributed by atoms with Crippen molar-refractivity contribution in [3.63, 3.8) is 0 Å². The number of aliphatic hydroxyl groups is 1. The highest BCUT2D eigenvalue weighted by Gasteiger charge is 2.46. The van der Waals surface area contributed by atoms with Crippen molar-refractivity contribution in [3.8, 4) is 23.0 Å². The molecule has 4 atom stereocenters. The third-order valence-electron chi connectivity index (χ3n) is 18.8. The second-order valence-electron chi connectivity index (χ2n) is 27.6. The molecule has 552 valence electrons. The minimum absolute atomic E-state index is 0.00378. The topological polar surface area (TPSA) is 339 Å². The van der Waals surface area contributed by atoms with Gasteiger partial charge in [0.05, 0.1) is 66.3 Å². The number of aromatic nitrogens is 1. The van der Waals surface area contributed by atoms with E-state index in [1.165, 1.54) is 56.5 Å². The number of rotatable bonds is 31. The van der Waals surface area contributed by atoms with Crippen molar-refractivity contribution in [3.05, 3.63) is 178 Å². The molecule has 105 heavy (non-hydrogen) atoms. The number of fused-ring (bicyclic) bond motifs is 4. The van der Waals surface area contributed by atoms with E-state index in [2.05, 4.69) is 26.3 Å². The maximum Gasteiger partial charge on any atom is 0.416 e. The summed E-state index contributed by atoms with van der Waals surface area (Å²) >= 11 is 0. The Balaban J connectivity index is 0.746. The smallest absolute Gasteiger partial charge is 0.416 e. The third kappa shape index (κ3) is 18.7. The van der Waals surface area contributed by atoms with Gasteiger partial charge in [-0.25, -0.2) is 9.69 Å². The van der Waals surface area contributed by atoms with Gasteiger partial charge in [-0.15, -0.1) is 0 Å². The van der Waals surface area contributed by atoms with Gasteiger partial charge in [0.1, 0.15) is 31.9 Å². The van der Waals surface area contributed by atoms with E-state index in [4.69, 9.17) is 38.8 Å². The summed E-state index contributed by atoms with van der Waals surface area (Å²) in [5, 5.41) is 31.3. The third-order valence-corrected chi connectivity index (χ3v) is 18.8. The zero-order chi connectivity index (χ0) is 75.3. The monoisotopic (exact) mass is 1440 g/mol. The summed E-state index contributed by atoms with van der Waals surface area (Å²) in [6.45, 7) is 13.0. The minimum atomic E-state index is -1.62. The molecule has 5 heterocycles. The van der Waals surface area contributed by atoms with E-state index in [0.29, 0.717) is 64.8 Å². The van der Waals surface area contributed by atoms with E-state index in [1.54, 1.807) is 93.4 Å². The van der Waals surface area contributed by atoms with Crippen molar-refractivity contribution in [2.24, 2.45) is 16.3 Å². The molecule has 0 radical (unpaired) electrons. The molecule has 0 aliphatic carbocycles. The van der Waals surface area contributed by atoms with Gasteiger partial charge in [-0.3, -0.25) is 53.2 Å².